The zero-order valence-electron chi connectivity index (χ0n) is 21.1. The van der Waals surface area contributed by atoms with Crippen LogP contribution in [0.15, 0.2) is 30.5 Å². The SMILES string of the molecule is CCCC(=O)/C(C=O)=C/Nc1nc(-n2cc(C(=O)OCC)cn2)nc2c1ncn2[C@@H]1O[C@H](CC)[C@@H](O)[C@H]1O. The topological polar surface area (TPSA) is 184 Å². The van der Waals surface area contributed by atoms with E-state index in [1.54, 1.807) is 6.92 Å². The number of Topliss-reactive ketones (excluding diaryl/α,β-unsaturated/α-hetero) is 1. The van der Waals surface area contributed by atoms with Crippen molar-refractivity contribution in [2.75, 3.05) is 11.9 Å². The van der Waals surface area contributed by atoms with Crippen LogP contribution in [0.2, 0.25) is 0 Å². The van der Waals surface area contributed by atoms with Gasteiger partial charge in [0.2, 0.25) is 0 Å². The fourth-order valence-electron chi connectivity index (χ4n) is 4.04. The van der Waals surface area contributed by atoms with E-state index >= 15 is 0 Å². The van der Waals surface area contributed by atoms with Crippen molar-refractivity contribution >= 4 is 35.0 Å². The first kappa shape index (κ1) is 27.0. The zero-order chi connectivity index (χ0) is 27.4. The fraction of sp³-hybridized carbons (Fsp3) is 0.458. The van der Waals surface area contributed by atoms with Crippen molar-refractivity contribution < 1.29 is 34.1 Å². The molecular weight excluding hydrogens is 498 g/mol. The van der Waals surface area contributed by atoms with Gasteiger partial charge in [-0.2, -0.15) is 15.1 Å². The number of hydrogen-bond donors (Lipinski definition) is 3. The number of aliphatic hydroxyl groups is 2. The van der Waals surface area contributed by atoms with Crippen molar-refractivity contribution in [2.45, 2.75) is 64.6 Å². The molecule has 0 bridgehead atoms. The highest BCUT2D eigenvalue weighted by Gasteiger charge is 2.43. The average Bonchev–Trinajstić information content (AvgIpc) is 3.63. The molecule has 0 amide bonds. The number of anilines is 1. The summed E-state index contributed by atoms with van der Waals surface area (Å²) in [6.07, 6.45) is 3.08. The number of imidazole rings is 1. The Hall–Kier alpha value is -4.01. The molecule has 3 aromatic rings. The number of carbonyl (C=O) groups is 3. The van der Waals surface area contributed by atoms with Gasteiger partial charge in [0.25, 0.3) is 5.95 Å². The number of fused-ring (bicyclic) bond motifs is 1. The number of nitrogens with zero attached hydrogens (tertiary/aromatic N) is 6. The van der Waals surface area contributed by atoms with Crippen LogP contribution in [0, 0.1) is 0 Å². The Morgan fingerprint density at radius 1 is 1.21 bits per heavy atom. The smallest absolute Gasteiger partial charge is 0.341 e. The molecule has 202 valence electrons. The minimum Gasteiger partial charge on any atom is -0.462 e. The van der Waals surface area contributed by atoms with E-state index in [4.69, 9.17) is 9.47 Å². The Morgan fingerprint density at radius 2 is 2.00 bits per heavy atom. The van der Waals surface area contributed by atoms with Crippen molar-refractivity contribution in [1.29, 1.82) is 0 Å². The predicted molar refractivity (Wildman–Crippen MR) is 132 cm³/mol. The number of aromatic nitrogens is 6. The van der Waals surface area contributed by atoms with Crippen LogP contribution in [0.25, 0.3) is 17.1 Å². The minimum atomic E-state index is -1.25. The summed E-state index contributed by atoms with van der Waals surface area (Å²) in [5.41, 5.74) is 0.544. The number of hydrogen-bond acceptors (Lipinski definition) is 12. The Morgan fingerprint density at radius 3 is 2.66 bits per heavy atom. The van der Waals surface area contributed by atoms with Crippen LogP contribution >= 0.6 is 0 Å². The lowest BCUT2D eigenvalue weighted by molar-refractivity contribution is -0.117. The molecule has 0 unspecified atom stereocenters. The number of ketones is 1. The maximum atomic E-state index is 12.3. The van der Waals surface area contributed by atoms with Gasteiger partial charge in [0.05, 0.1) is 36.4 Å². The summed E-state index contributed by atoms with van der Waals surface area (Å²) >= 11 is 0. The molecule has 4 rings (SSSR count). The summed E-state index contributed by atoms with van der Waals surface area (Å²) in [6, 6.07) is 0. The van der Waals surface area contributed by atoms with Gasteiger partial charge in [-0.25, -0.2) is 14.5 Å². The van der Waals surface area contributed by atoms with Crippen LogP contribution in [0.1, 0.15) is 56.6 Å². The van der Waals surface area contributed by atoms with E-state index in [2.05, 4.69) is 25.4 Å². The molecule has 14 nitrogen and oxygen atoms in total. The fourth-order valence-corrected chi connectivity index (χ4v) is 4.04. The third-order valence-corrected chi connectivity index (χ3v) is 6.01. The van der Waals surface area contributed by atoms with Crippen LogP contribution < -0.4 is 5.32 Å². The quantitative estimate of drug-likeness (QED) is 0.106. The van der Waals surface area contributed by atoms with E-state index in [0.717, 1.165) is 0 Å². The van der Waals surface area contributed by atoms with E-state index in [9.17, 15) is 24.6 Å². The van der Waals surface area contributed by atoms with Gasteiger partial charge in [-0.3, -0.25) is 14.2 Å². The van der Waals surface area contributed by atoms with Gasteiger partial charge in [0, 0.05) is 18.8 Å². The molecule has 4 heterocycles. The maximum absolute atomic E-state index is 12.3. The zero-order valence-corrected chi connectivity index (χ0v) is 21.1. The summed E-state index contributed by atoms with van der Waals surface area (Å²) < 4.78 is 13.6. The second-order valence-electron chi connectivity index (χ2n) is 8.58. The van der Waals surface area contributed by atoms with Crippen LogP contribution in [0.4, 0.5) is 5.82 Å². The Balaban J connectivity index is 1.81. The van der Waals surface area contributed by atoms with Crippen LogP contribution in [-0.2, 0) is 19.1 Å². The number of nitrogens with one attached hydrogen (secondary N) is 1. The van der Waals surface area contributed by atoms with Gasteiger partial charge in [0.15, 0.2) is 35.3 Å². The molecule has 4 atom stereocenters. The van der Waals surface area contributed by atoms with E-state index in [1.807, 2.05) is 13.8 Å². The van der Waals surface area contributed by atoms with Crippen LogP contribution in [0.5, 0.6) is 0 Å². The summed E-state index contributed by atoms with van der Waals surface area (Å²) in [6.45, 7) is 5.53. The molecule has 3 N–H and O–H groups in total. The van der Waals surface area contributed by atoms with Gasteiger partial charge in [-0.05, 0) is 19.8 Å². The molecule has 1 aliphatic heterocycles. The third-order valence-electron chi connectivity index (χ3n) is 6.01. The van der Waals surface area contributed by atoms with Gasteiger partial charge in [-0.1, -0.05) is 13.8 Å². The first-order valence-corrected chi connectivity index (χ1v) is 12.3. The van der Waals surface area contributed by atoms with E-state index in [-0.39, 0.29) is 52.9 Å². The number of aliphatic hydroxyl groups excluding tert-OH is 2. The highest BCUT2D eigenvalue weighted by Crippen LogP contribution is 2.33. The highest BCUT2D eigenvalue weighted by atomic mass is 16.6. The average molecular weight is 528 g/mol. The summed E-state index contributed by atoms with van der Waals surface area (Å²) in [7, 11) is 0. The third kappa shape index (κ3) is 5.18. The highest BCUT2D eigenvalue weighted by molar-refractivity contribution is 6.11. The van der Waals surface area contributed by atoms with Gasteiger partial charge < -0.3 is 25.0 Å². The largest absolute Gasteiger partial charge is 0.462 e. The molecule has 1 fully saturated rings. The number of esters is 1. The molecular formula is C24H29N7O7. The Labute approximate surface area is 217 Å². The second kappa shape index (κ2) is 11.6. The lowest BCUT2D eigenvalue weighted by Gasteiger charge is -2.17. The molecule has 1 aliphatic rings. The van der Waals surface area contributed by atoms with Gasteiger partial charge >= 0.3 is 5.97 Å². The monoisotopic (exact) mass is 527 g/mol. The molecule has 0 aromatic carbocycles. The number of ether oxygens (including phenoxy) is 2. The van der Waals surface area contributed by atoms with Crippen molar-refractivity contribution in [3.8, 4) is 5.95 Å². The number of carbonyl (C=O) groups excluding carboxylic acids is 3. The van der Waals surface area contributed by atoms with E-state index in [1.165, 1.54) is 34.2 Å². The Kier molecular flexibility index (Phi) is 8.24. The molecule has 1 saturated heterocycles. The predicted octanol–water partition coefficient (Wildman–Crippen LogP) is 1.08. The molecule has 0 radical (unpaired) electrons. The molecule has 38 heavy (non-hydrogen) atoms. The maximum Gasteiger partial charge on any atom is 0.341 e. The van der Waals surface area contributed by atoms with Gasteiger partial charge in [0.1, 0.15) is 12.2 Å². The normalized spacial score (nSPS) is 21.6. The van der Waals surface area contributed by atoms with Crippen molar-refractivity contribution in [2.24, 2.45) is 0 Å². The first-order chi connectivity index (χ1) is 18.3. The van der Waals surface area contributed by atoms with Gasteiger partial charge in [-0.15, -0.1) is 0 Å². The standard InChI is InChI=1S/C24H29N7O7/c1-4-7-15(33)14(11-32)8-25-20-17-21(30(12-26-17)22-19(35)18(34)16(5-2)38-22)29-24(28-20)31-10-13(9-27-31)23(36)37-6-3/h8-12,16,18-19,22,34-35H,4-7H2,1-3H3,(H,25,28,29)/b14-8+/t16-,18-,19-,22-/m1/s1. The molecule has 3 aromatic heterocycles. The molecule has 14 heteroatoms. The lowest BCUT2D eigenvalue weighted by Crippen LogP contribution is -2.31. The number of allylic oxidation sites excluding steroid dienone is 1. The van der Waals surface area contributed by atoms with E-state index < -0.39 is 30.5 Å². The molecule has 0 spiro atoms. The Bertz CT molecular complexity index is 1370. The first-order valence-electron chi connectivity index (χ1n) is 12.3. The lowest BCUT2D eigenvalue weighted by atomic mass is 10.1. The minimum absolute atomic E-state index is 0.0123. The molecule has 0 aliphatic carbocycles. The van der Waals surface area contributed by atoms with Crippen molar-refractivity contribution in [3.05, 3.63) is 36.1 Å². The number of rotatable bonds is 11. The molecule has 0 saturated carbocycles. The van der Waals surface area contributed by atoms with E-state index in [0.29, 0.717) is 19.1 Å². The summed E-state index contributed by atoms with van der Waals surface area (Å²) in [4.78, 5) is 49.2. The van der Waals surface area contributed by atoms with Crippen LogP contribution in [-0.4, -0.2) is 82.5 Å². The number of aldehydes is 1. The second-order valence-corrected chi connectivity index (χ2v) is 8.58. The van der Waals surface area contributed by atoms with Crippen molar-refractivity contribution in [1.82, 2.24) is 29.3 Å². The summed E-state index contributed by atoms with van der Waals surface area (Å²) in [5.74, 6) is -0.767. The van der Waals surface area contributed by atoms with Crippen LogP contribution in [0.3, 0.4) is 0 Å². The summed E-state index contributed by atoms with van der Waals surface area (Å²) in [5, 5.41) is 28.0. The van der Waals surface area contributed by atoms with Crippen molar-refractivity contribution in [3.63, 3.8) is 0 Å².